The first kappa shape index (κ1) is 14.1. The third-order valence-electron chi connectivity index (χ3n) is 3.63. The van der Waals surface area contributed by atoms with E-state index in [2.05, 4.69) is 31.3 Å². The van der Waals surface area contributed by atoms with Crippen LogP contribution < -0.4 is 5.32 Å². The van der Waals surface area contributed by atoms with Crippen molar-refractivity contribution in [3.63, 3.8) is 0 Å². The summed E-state index contributed by atoms with van der Waals surface area (Å²) in [6, 6.07) is 8.44. The van der Waals surface area contributed by atoms with Crippen molar-refractivity contribution in [2.24, 2.45) is 0 Å². The highest BCUT2D eigenvalue weighted by molar-refractivity contribution is 5.83. The minimum atomic E-state index is -0.668. The van der Waals surface area contributed by atoms with E-state index in [0.717, 1.165) is 24.8 Å². The fourth-order valence-corrected chi connectivity index (χ4v) is 3.00. The molecule has 0 radical (unpaired) electrons. The van der Waals surface area contributed by atoms with Crippen LogP contribution in [0, 0.1) is 0 Å². The third-order valence-corrected chi connectivity index (χ3v) is 3.63. The van der Waals surface area contributed by atoms with Crippen LogP contribution in [0.25, 0.3) is 0 Å². The van der Waals surface area contributed by atoms with Gasteiger partial charge in [-0.25, -0.2) is 4.79 Å². The number of carbonyl (C=O) groups excluding carboxylic acids is 1. The molecule has 0 saturated heterocycles. The molecule has 3 heteroatoms. The van der Waals surface area contributed by atoms with Gasteiger partial charge in [0.1, 0.15) is 5.54 Å². The molecule has 1 aromatic carbocycles. The lowest BCUT2D eigenvalue weighted by Gasteiger charge is -2.39. The second kappa shape index (κ2) is 5.74. The van der Waals surface area contributed by atoms with Crippen LogP contribution >= 0.6 is 0 Å². The SMILES string of the molecule is CCOC(=O)C1(NC(C)C)CCCc2ccccc21. The number of hydrogen-bond donors (Lipinski definition) is 1. The van der Waals surface area contributed by atoms with E-state index in [1.54, 1.807) is 0 Å². The van der Waals surface area contributed by atoms with Crippen LogP contribution in [-0.2, 0) is 21.5 Å². The molecule has 2 rings (SSSR count). The maximum atomic E-state index is 12.5. The second-order valence-corrected chi connectivity index (χ2v) is 5.44. The van der Waals surface area contributed by atoms with Crippen molar-refractivity contribution in [1.29, 1.82) is 0 Å². The maximum Gasteiger partial charge on any atom is 0.331 e. The Labute approximate surface area is 115 Å². The van der Waals surface area contributed by atoms with Crippen LogP contribution in [0.1, 0.15) is 44.7 Å². The van der Waals surface area contributed by atoms with Crippen molar-refractivity contribution < 1.29 is 9.53 Å². The number of nitrogens with one attached hydrogen (secondary N) is 1. The number of rotatable bonds is 4. The molecule has 1 aliphatic carbocycles. The van der Waals surface area contributed by atoms with Crippen LogP contribution in [0.3, 0.4) is 0 Å². The largest absolute Gasteiger partial charge is 0.464 e. The van der Waals surface area contributed by atoms with Gasteiger partial charge in [-0.05, 0) is 51.2 Å². The number of esters is 1. The Morgan fingerprint density at radius 2 is 2.16 bits per heavy atom. The molecule has 1 N–H and O–H groups in total. The van der Waals surface area contributed by atoms with Crippen LogP contribution in [0.2, 0.25) is 0 Å². The first-order valence-corrected chi connectivity index (χ1v) is 7.13. The van der Waals surface area contributed by atoms with Crippen molar-refractivity contribution in [2.75, 3.05) is 6.61 Å². The van der Waals surface area contributed by atoms with E-state index in [4.69, 9.17) is 4.74 Å². The van der Waals surface area contributed by atoms with E-state index in [9.17, 15) is 4.79 Å². The first-order chi connectivity index (χ1) is 9.10. The van der Waals surface area contributed by atoms with Gasteiger partial charge in [-0.15, -0.1) is 0 Å². The van der Waals surface area contributed by atoms with Crippen molar-refractivity contribution in [3.05, 3.63) is 35.4 Å². The van der Waals surface area contributed by atoms with Gasteiger partial charge in [0, 0.05) is 6.04 Å². The second-order valence-electron chi connectivity index (χ2n) is 5.44. The minimum absolute atomic E-state index is 0.143. The molecule has 1 unspecified atom stereocenters. The molecule has 0 spiro atoms. The lowest BCUT2D eigenvalue weighted by molar-refractivity contribution is -0.153. The molecule has 0 bridgehead atoms. The number of benzene rings is 1. The van der Waals surface area contributed by atoms with Gasteiger partial charge < -0.3 is 4.74 Å². The predicted octanol–water partition coefficient (Wildman–Crippen LogP) is 2.78. The summed E-state index contributed by atoms with van der Waals surface area (Å²) in [5.74, 6) is -0.143. The molecule has 0 aliphatic heterocycles. The van der Waals surface area contributed by atoms with Gasteiger partial charge in [0.05, 0.1) is 6.61 Å². The molecule has 19 heavy (non-hydrogen) atoms. The van der Waals surface area contributed by atoms with E-state index in [0.29, 0.717) is 6.61 Å². The summed E-state index contributed by atoms with van der Waals surface area (Å²) < 4.78 is 5.34. The number of ether oxygens (including phenoxy) is 1. The van der Waals surface area contributed by atoms with Gasteiger partial charge in [0.25, 0.3) is 0 Å². The zero-order valence-corrected chi connectivity index (χ0v) is 12.0. The van der Waals surface area contributed by atoms with E-state index < -0.39 is 5.54 Å². The predicted molar refractivity (Wildman–Crippen MR) is 76.0 cm³/mol. The molecule has 0 fully saturated rings. The van der Waals surface area contributed by atoms with Crippen LogP contribution in [0.15, 0.2) is 24.3 Å². The summed E-state index contributed by atoms with van der Waals surface area (Å²) in [6.07, 6.45) is 2.85. The van der Waals surface area contributed by atoms with E-state index in [1.807, 2.05) is 19.1 Å². The van der Waals surface area contributed by atoms with Crippen molar-refractivity contribution >= 4 is 5.97 Å². The Bertz CT molecular complexity index is 456. The Morgan fingerprint density at radius 1 is 1.42 bits per heavy atom. The summed E-state index contributed by atoms with van der Waals surface area (Å²) in [5, 5.41) is 3.46. The highest BCUT2D eigenvalue weighted by atomic mass is 16.5. The normalized spacial score (nSPS) is 22.1. The molecule has 1 aromatic rings. The Morgan fingerprint density at radius 3 is 2.84 bits per heavy atom. The lowest BCUT2D eigenvalue weighted by atomic mass is 9.76. The van der Waals surface area contributed by atoms with Crippen molar-refractivity contribution in [2.45, 2.75) is 51.6 Å². The third kappa shape index (κ3) is 2.66. The van der Waals surface area contributed by atoms with Gasteiger partial charge in [0.2, 0.25) is 0 Å². The first-order valence-electron chi connectivity index (χ1n) is 7.13. The van der Waals surface area contributed by atoms with Crippen LogP contribution in [-0.4, -0.2) is 18.6 Å². The standard InChI is InChI=1S/C16H23NO2/c1-4-19-15(18)16(17-12(2)3)11-7-9-13-8-5-6-10-14(13)16/h5-6,8,10,12,17H,4,7,9,11H2,1-3H3. The maximum absolute atomic E-state index is 12.5. The Balaban J connectivity index is 2.47. The molecular weight excluding hydrogens is 238 g/mol. The van der Waals surface area contributed by atoms with Gasteiger partial charge in [-0.2, -0.15) is 0 Å². The molecule has 3 nitrogen and oxygen atoms in total. The molecule has 0 saturated carbocycles. The van der Waals surface area contributed by atoms with Crippen LogP contribution in [0.5, 0.6) is 0 Å². The minimum Gasteiger partial charge on any atom is -0.464 e. The quantitative estimate of drug-likeness (QED) is 0.847. The number of carbonyl (C=O) groups is 1. The molecule has 104 valence electrons. The van der Waals surface area contributed by atoms with E-state index in [1.165, 1.54) is 5.56 Å². The summed E-state index contributed by atoms with van der Waals surface area (Å²) in [4.78, 5) is 12.5. The lowest BCUT2D eigenvalue weighted by Crippen LogP contribution is -2.54. The van der Waals surface area contributed by atoms with Crippen molar-refractivity contribution in [1.82, 2.24) is 5.32 Å². The molecule has 1 atom stereocenters. The number of aryl methyl sites for hydroxylation is 1. The molecule has 0 heterocycles. The van der Waals surface area contributed by atoms with E-state index in [-0.39, 0.29) is 12.0 Å². The zero-order chi connectivity index (χ0) is 13.9. The van der Waals surface area contributed by atoms with Crippen LogP contribution in [0.4, 0.5) is 0 Å². The highest BCUT2D eigenvalue weighted by Crippen LogP contribution is 2.36. The molecular formula is C16H23NO2. The molecule has 0 aromatic heterocycles. The Kier molecular flexibility index (Phi) is 4.25. The van der Waals surface area contributed by atoms with E-state index >= 15 is 0 Å². The fourth-order valence-electron chi connectivity index (χ4n) is 3.00. The highest BCUT2D eigenvalue weighted by Gasteiger charge is 2.44. The number of hydrogen-bond acceptors (Lipinski definition) is 3. The topological polar surface area (TPSA) is 38.3 Å². The fraction of sp³-hybridized carbons (Fsp3) is 0.562. The smallest absolute Gasteiger partial charge is 0.331 e. The van der Waals surface area contributed by atoms with Gasteiger partial charge in [-0.1, -0.05) is 24.3 Å². The summed E-state index contributed by atoms with van der Waals surface area (Å²) in [6.45, 7) is 6.41. The van der Waals surface area contributed by atoms with Gasteiger partial charge in [-0.3, -0.25) is 5.32 Å². The van der Waals surface area contributed by atoms with Gasteiger partial charge >= 0.3 is 5.97 Å². The zero-order valence-electron chi connectivity index (χ0n) is 12.0. The monoisotopic (exact) mass is 261 g/mol. The average molecular weight is 261 g/mol. The summed E-state index contributed by atoms with van der Waals surface area (Å²) in [7, 11) is 0. The molecule has 0 amide bonds. The molecule has 1 aliphatic rings. The average Bonchev–Trinajstić information content (AvgIpc) is 2.38. The summed E-state index contributed by atoms with van der Waals surface area (Å²) >= 11 is 0. The summed E-state index contributed by atoms with van der Waals surface area (Å²) in [5.41, 5.74) is 1.68. The Hall–Kier alpha value is -1.35. The van der Waals surface area contributed by atoms with Gasteiger partial charge in [0.15, 0.2) is 0 Å². The van der Waals surface area contributed by atoms with Crippen molar-refractivity contribution in [3.8, 4) is 0 Å². The number of fused-ring (bicyclic) bond motifs is 1.